The van der Waals surface area contributed by atoms with Crippen LogP contribution in [0.1, 0.15) is 12.0 Å². The SMILES string of the molecule is COC(=O)C1=C(C(=O)OC)N(c2ccc(C3=NNC(=O)C3)cc2)COC1. The molecule has 0 bridgehead atoms. The molecule has 9 heteroatoms. The van der Waals surface area contributed by atoms with E-state index in [2.05, 4.69) is 10.5 Å². The van der Waals surface area contributed by atoms with Crippen LogP contribution >= 0.6 is 0 Å². The summed E-state index contributed by atoms with van der Waals surface area (Å²) in [6, 6.07) is 7.03. The number of carbonyl (C=O) groups excluding carboxylic acids is 3. The maximum Gasteiger partial charge on any atom is 0.355 e. The number of hydrogen-bond donors (Lipinski definition) is 1. The minimum absolute atomic E-state index is 0.0454. The quantitative estimate of drug-likeness (QED) is 0.771. The lowest BCUT2D eigenvalue weighted by Gasteiger charge is -2.31. The van der Waals surface area contributed by atoms with E-state index >= 15 is 0 Å². The van der Waals surface area contributed by atoms with Crippen LogP contribution in [0.15, 0.2) is 40.6 Å². The molecule has 2 aliphatic heterocycles. The zero-order valence-electron chi connectivity index (χ0n) is 14.3. The summed E-state index contributed by atoms with van der Waals surface area (Å²) >= 11 is 0. The van der Waals surface area contributed by atoms with Gasteiger partial charge in [0.05, 0.1) is 38.5 Å². The Bertz CT molecular complexity index is 812. The number of nitrogens with one attached hydrogen (secondary N) is 1. The normalized spacial score (nSPS) is 16.9. The third-order valence-electron chi connectivity index (χ3n) is 3.99. The van der Waals surface area contributed by atoms with Gasteiger partial charge < -0.3 is 19.1 Å². The Morgan fingerprint density at radius 2 is 1.85 bits per heavy atom. The monoisotopic (exact) mass is 359 g/mol. The minimum Gasteiger partial charge on any atom is -0.466 e. The zero-order chi connectivity index (χ0) is 18.7. The summed E-state index contributed by atoms with van der Waals surface area (Å²) in [5, 5.41) is 3.97. The number of methoxy groups -OCH3 is 2. The Labute approximate surface area is 149 Å². The van der Waals surface area contributed by atoms with E-state index < -0.39 is 11.9 Å². The average Bonchev–Trinajstić information content (AvgIpc) is 3.12. The van der Waals surface area contributed by atoms with Crippen LogP contribution in [-0.2, 0) is 28.6 Å². The average molecular weight is 359 g/mol. The fourth-order valence-electron chi connectivity index (χ4n) is 2.71. The van der Waals surface area contributed by atoms with E-state index in [1.807, 2.05) is 0 Å². The van der Waals surface area contributed by atoms with Crippen LogP contribution in [0.25, 0.3) is 0 Å². The molecule has 3 rings (SSSR count). The van der Waals surface area contributed by atoms with Gasteiger partial charge in [-0.1, -0.05) is 12.1 Å². The van der Waals surface area contributed by atoms with Crippen LogP contribution < -0.4 is 10.3 Å². The van der Waals surface area contributed by atoms with Crippen molar-refractivity contribution >= 4 is 29.2 Å². The zero-order valence-corrected chi connectivity index (χ0v) is 14.3. The fraction of sp³-hybridized carbons (Fsp3) is 0.294. The molecule has 0 unspecified atom stereocenters. The molecule has 136 valence electrons. The first-order valence-electron chi connectivity index (χ1n) is 7.76. The Morgan fingerprint density at radius 3 is 2.42 bits per heavy atom. The maximum absolute atomic E-state index is 12.2. The Balaban J connectivity index is 1.94. The van der Waals surface area contributed by atoms with Crippen LogP contribution in [0.3, 0.4) is 0 Å². The molecule has 2 aliphatic rings. The molecule has 0 spiro atoms. The van der Waals surface area contributed by atoms with Crippen molar-refractivity contribution in [1.29, 1.82) is 0 Å². The molecular formula is C17H17N3O6. The molecule has 0 aliphatic carbocycles. The van der Waals surface area contributed by atoms with E-state index in [9.17, 15) is 14.4 Å². The second kappa shape index (κ2) is 7.36. The lowest BCUT2D eigenvalue weighted by atomic mass is 10.1. The number of hydrazone groups is 1. The first kappa shape index (κ1) is 17.6. The van der Waals surface area contributed by atoms with Crippen molar-refractivity contribution in [2.24, 2.45) is 5.10 Å². The van der Waals surface area contributed by atoms with Gasteiger partial charge in [0.1, 0.15) is 12.4 Å². The van der Waals surface area contributed by atoms with Crippen LogP contribution in [0.4, 0.5) is 5.69 Å². The Morgan fingerprint density at radius 1 is 1.15 bits per heavy atom. The molecule has 1 amide bonds. The number of esters is 2. The summed E-state index contributed by atoms with van der Waals surface area (Å²) in [6.45, 7) is 0.0293. The van der Waals surface area contributed by atoms with E-state index in [-0.39, 0.29) is 36.9 Å². The van der Waals surface area contributed by atoms with Gasteiger partial charge in [0.2, 0.25) is 5.91 Å². The smallest absolute Gasteiger partial charge is 0.355 e. The van der Waals surface area contributed by atoms with Crippen molar-refractivity contribution < 1.29 is 28.6 Å². The van der Waals surface area contributed by atoms with E-state index in [0.717, 1.165) is 5.56 Å². The summed E-state index contributed by atoms with van der Waals surface area (Å²) in [4.78, 5) is 37.0. The fourth-order valence-corrected chi connectivity index (χ4v) is 2.71. The second-order valence-corrected chi connectivity index (χ2v) is 5.53. The lowest BCUT2D eigenvalue weighted by Crippen LogP contribution is -2.38. The Hall–Kier alpha value is -3.20. The summed E-state index contributed by atoms with van der Waals surface area (Å²) in [5.74, 6) is -1.48. The van der Waals surface area contributed by atoms with Gasteiger partial charge in [-0.25, -0.2) is 15.0 Å². The van der Waals surface area contributed by atoms with Crippen molar-refractivity contribution in [2.75, 3.05) is 32.5 Å². The number of hydrogen-bond acceptors (Lipinski definition) is 8. The number of rotatable bonds is 4. The number of benzene rings is 1. The van der Waals surface area contributed by atoms with Crippen molar-refractivity contribution in [1.82, 2.24) is 5.43 Å². The van der Waals surface area contributed by atoms with Crippen LogP contribution in [0.2, 0.25) is 0 Å². The number of amides is 1. The van der Waals surface area contributed by atoms with Crippen LogP contribution in [0, 0.1) is 0 Å². The largest absolute Gasteiger partial charge is 0.466 e. The topological polar surface area (TPSA) is 107 Å². The molecule has 9 nitrogen and oxygen atoms in total. The predicted molar refractivity (Wildman–Crippen MR) is 90.1 cm³/mol. The highest BCUT2D eigenvalue weighted by Crippen LogP contribution is 2.27. The van der Waals surface area contributed by atoms with Gasteiger partial charge in [-0.3, -0.25) is 4.79 Å². The molecule has 0 saturated heterocycles. The van der Waals surface area contributed by atoms with E-state index in [1.165, 1.54) is 19.1 Å². The lowest BCUT2D eigenvalue weighted by molar-refractivity contribution is -0.140. The molecule has 1 aromatic rings. The molecule has 26 heavy (non-hydrogen) atoms. The highest BCUT2D eigenvalue weighted by molar-refractivity contribution is 6.13. The van der Waals surface area contributed by atoms with Gasteiger partial charge in [-0.05, 0) is 17.7 Å². The van der Waals surface area contributed by atoms with Crippen molar-refractivity contribution in [2.45, 2.75) is 6.42 Å². The summed E-state index contributed by atoms with van der Waals surface area (Å²) < 4.78 is 15.0. The molecule has 0 atom stereocenters. The van der Waals surface area contributed by atoms with E-state index in [4.69, 9.17) is 14.2 Å². The van der Waals surface area contributed by atoms with E-state index in [0.29, 0.717) is 11.4 Å². The standard InChI is InChI=1S/C17H17N3O6/c1-24-16(22)12-8-26-9-20(15(12)17(23)25-2)11-5-3-10(4-6-11)13-7-14(21)19-18-13/h3-6H,7-9H2,1-2H3,(H,19,21). The third-order valence-corrected chi connectivity index (χ3v) is 3.99. The Kier molecular flexibility index (Phi) is 4.99. The van der Waals surface area contributed by atoms with Gasteiger partial charge in [-0.15, -0.1) is 0 Å². The number of anilines is 1. The second-order valence-electron chi connectivity index (χ2n) is 5.53. The molecule has 0 saturated carbocycles. The first-order valence-corrected chi connectivity index (χ1v) is 7.76. The van der Waals surface area contributed by atoms with Crippen molar-refractivity contribution in [3.63, 3.8) is 0 Å². The maximum atomic E-state index is 12.2. The van der Waals surface area contributed by atoms with Gasteiger partial charge >= 0.3 is 11.9 Å². The minimum atomic E-state index is -0.659. The van der Waals surface area contributed by atoms with Crippen LogP contribution in [-0.4, -0.2) is 51.1 Å². The van der Waals surface area contributed by atoms with Gasteiger partial charge in [-0.2, -0.15) is 5.10 Å². The van der Waals surface area contributed by atoms with Gasteiger partial charge in [0, 0.05) is 5.69 Å². The summed E-state index contributed by atoms with van der Waals surface area (Å²) in [6.07, 6.45) is 0.214. The molecule has 0 aromatic heterocycles. The molecule has 0 radical (unpaired) electrons. The summed E-state index contributed by atoms with van der Waals surface area (Å²) in [7, 11) is 2.47. The highest BCUT2D eigenvalue weighted by Gasteiger charge is 2.32. The number of carbonyl (C=O) groups is 3. The predicted octanol–water partition coefficient (Wildman–Crippen LogP) is 0.305. The molecule has 1 aromatic carbocycles. The summed E-state index contributed by atoms with van der Waals surface area (Å²) in [5.41, 5.74) is 4.60. The number of nitrogens with zero attached hydrogens (tertiary/aromatic N) is 2. The van der Waals surface area contributed by atoms with Crippen molar-refractivity contribution in [3.05, 3.63) is 41.1 Å². The molecular weight excluding hydrogens is 342 g/mol. The molecule has 1 N–H and O–H groups in total. The first-order chi connectivity index (χ1) is 12.5. The molecule has 0 fully saturated rings. The van der Waals surface area contributed by atoms with Gasteiger partial charge in [0.25, 0.3) is 0 Å². The van der Waals surface area contributed by atoms with Crippen molar-refractivity contribution in [3.8, 4) is 0 Å². The van der Waals surface area contributed by atoms with Gasteiger partial charge in [0.15, 0.2) is 0 Å². The number of ether oxygens (including phenoxy) is 3. The molecule has 2 heterocycles. The third kappa shape index (κ3) is 3.29. The van der Waals surface area contributed by atoms with Crippen LogP contribution in [0.5, 0.6) is 0 Å². The van der Waals surface area contributed by atoms with E-state index in [1.54, 1.807) is 24.3 Å². The highest BCUT2D eigenvalue weighted by atomic mass is 16.5.